The predicted octanol–water partition coefficient (Wildman–Crippen LogP) is 1.01. The number of aromatic nitrogens is 5. The third kappa shape index (κ3) is 1.42. The van der Waals surface area contributed by atoms with Crippen molar-refractivity contribution in [1.29, 1.82) is 0 Å². The lowest BCUT2D eigenvalue weighted by molar-refractivity contribution is 0.948. The highest BCUT2D eigenvalue weighted by molar-refractivity contribution is 5.78. The van der Waals surface area contributed by atoms with E-state index in [4.69, 9.17) is 5.73 Å². The number of hydrogen-bond acceptors (Lipinski definition) is 5. The summed E-state index contributed by atoms with van der Waals surface area (Å²) in [6.45, 7) is 0. The van der Waals surface area contributed by atoms with Gasteiger partial charge in [0.2, 0.25) is 0 Å². The zero-order valence-corrected chi connectivity index (χ0v) is 9.20. The molecule has 0 saturated carbocycles. The summed E-state index contributed by atoms with van der Waals surface area (Å²) >= 11 is 0. The molecular weight excluding hydrogens is 216 g/mol. The quantitative estimate of drug-likeness (QED) is 0.669. The fourth-order valence-electron chi connectivity index (χ4n) is 1.76. The van der Waals surface area contributed by atoms with E-state index >= 15 is 0 Å². The van der Waals surface area contributed by atoms with E-state index < -0.39 is 0 Å². The zero-order chi connectivity index (χ0) is 11.8. The second-order valence-electron chi connectivity index (χ2n) is 3.63. The van der Waals surface area contributed by atoms with Crippen LogP contribution in [0.2, 0.25) is 0 Å². The van der Waals surface area contributed by atoms with Crippen LogP contribution in [-0.2, 0) is 7.05 Å². The van der Waals surface area contributed by atoms with Gasteiger partial charge in [0, 0.05) is 25.6 Å². The number of anilines is 1. The summed E-state index contributed by atoms with van der Waals surface area (Å²) in [6.07, 6.45) is 4.86. The minimum absolute atomic E-state index is 0.367. The summed E-state index contributed by atoms with van der Waals surface area (Å²) in [5.74, 6) is 1.04. The molecule has 0 aliphatic carbocycles. The summed E-state index contributed by atoms with van der Waals surface area (Å²) in [5.41, 5.74) is 7.99. The Morgan fingerprint density at radius 1 is 1.12 bits per heavy atom. The van der Waals surface area contributed by atoms with Gasteiger partial charge in [0.05, 0.1) is 5.52 Å². The first-order valence-electron chi connectivity index (χ1n) is 5.11. The van der Waals surface area contributed by atoms with E-state index in [2.05, 4.69) is 19.9 Å². The van der Waals surface area contributed by atoms with E-state index in [1.54, 1.807) is 18.6 Å². The van der Waals surface area contributed by atoms with Crippen LogP contribution in [0.15, 0.2) is 30.7 Å². The molecule has 0 fully saturated rings. The monoisotopic (exact) mass is 226 g/mol. The van der Waals surface area contributed by atoms with Crippen molar-refractivity contribution in [3.8, 4) is 11.5 Å². The molecule has 3 rings (SSSR count). The highest BCUT2D eigenvalue weighted by Gasteiger charge is 2.14. The Kier molecular flexibility index (Phi) is 2.01. The first-order valence-corrected chi connectivity index (χ1v) is 5.11. The fourth-order valence-corrected chi connectivity index (χ4v) is 1.76. The van der Waals surface area contributed by atoms with Crippen molar-refractivity contribution >= 4 is 17.0 Å². The lowest BCUT2D eigenvalue weighted by Crippen LogP contribution is -2.00. The van der Waals surface area contributed by atoms with Gasteiger partial charge < -0.3 is 10.3 Å². The van der Waals surface area contributed by atoms with Gasteiger partial charge in [0.25, 0.3) is 0 Å². The standard InChI is InChI=1S/C11H10N6/c1-17-7-3-2-4-15-10(7)16-11(17)8-9(12)14-6-5-13-8/h2-6H,1H3,(H2,12,14). The molecule has 0 unspecified atom stereocenters. The second kappa shape index (κ2) is 3.51. The maximum atomic E-state index is 5.80. The Morgan fingerprint density at radius 2 is 1.94 bits per heavy atom. The molecule has 3 aromatic heterocycles. The number of pyridine rings is 1. The van der Waals surface area contributed by atoms with Crippen molar-refractivity contribution in [2.75, 3.05) is 5.73 Å². The topological polar surface area (TPSA) is 82.5 Å². The van der Waals surface area contributed by atoms with E-state index in [9.17, 15) is 0 Å². The number of hydrogen-bond donors (Lipinski definition) is 1. The van der Waals surface area contributed by atoms with Gasteiger partial charge in [-0.3, -0.25) is 0 Å². The fraction of sp³-hybridized carbons (Fsp3) is 0.0909. The van der Waals surface area contributed by atoms with Crippen molar-refractivity contribution < 1.29 is 0 Å². The summed E-state index contributed by atoms with van der Waals surface area (Å²) in [7, 11) is 1.90. The first-order chi connectivity index (χ1) is 8.27. The van der Waals surface area contributed by atoms with Crippen LogP contribution in [0.5, 0.6) is 0 Å². The zero-order valence-electron chi connectivity index (χ0n) is 9.20. The molecule has 6 nitrogen and oxygen atoms in total. The summed E-state index contributed by atoms with van der Waals surface area (Å²) in [5, 5.41) is 0. The van der Waals surface area contributed by atoms with Crippen molar-refractivity contribution in [3.05, 3.63) is 30.7 Å². The van der Waals surface area contributed by atoms with E-state index in [-0.39, 0.29) is 0 Å². The van der Waals surface area contributed by atoms with Crippen LogP contribution < -0.4 is 5.73 Å². The van der Waals surface area contributed by atoms with Gasteiger partial charge in [-0.2, -0.15) is 0 Å². The number of rotatable bonds is 1. The molecule has 3 aromatic rings. The summed E-state index contributed by atoms with van der Waals surface area (Å²) in [4.78, 5) is 16.8. The van der Waals surface area contributed by atoms with Crippen LogP contribution in [-0.4, -0.2) is 24.5 Å². The van der Waals surface area contributed by atoms with E-state index in [1.165, 1.54) is 0 Å². The second-order valence-corrected chi connectivity index (χ2v) is 3.63. The van der Waals surface area contributed by atoms with Crippen molar-refractivity contribution in [3.63, 3.8) is 0 Å². The van der Waals surface area contributed by atoms with Gasteiger partial charge in [-0.1, -0.05) is 0 Å². The molecular formula is C11H10N6. The first kappa shape index (κ1) is 9.71. The number of fused-ring (bicyclic) bond motifs is 1. The number of nitrogen functional groups attached to an aromatic ring is 1. The van der Waals surface area contributed by atoms with Gasteiger partial charge in [-0.05, 0) is 12.1 Å². The molecule has 0 aliphatic heterocycles. The molecule has 0 aliphatic rings. The predicted molar refractivity (Wildman–Crippen MR) is 63.9 cm³/mol. The maximum absolute atomic E-state index is 5.80. The minimum Gasteiger partial charge on any atom is -0.382 e. The Hall–Kier alpha value is -2.50. The average molecular weight is 226 g/mol. The lowest BCUT2D eigenvalue weighted by Gasteiger charge is -2.02. The molecule has 3 heterocycles. The molecule has 84 valence electrons. The van der Waals surface area contributed by atoms with Gasteiger partial charge >= 0.3 is 0 Å². The Bertz CT molecular complexity index is 687. The van der Waals surface area contributed by atoms with Crippen LogP contribution in [0.4, 0.5) is 5.82 Å². The third-order valence-electron chi connectivity index (χ3n) is 2.60. The largest absolute Gasteiger partial charge is 0.382 e. The van der Waals surface area contributed by atoms with Gasteiger partial charge in [-0.25, -0.2) is 19.9 Å². The molecule has 0 aromatic carbocycles. The molecule has 0 atom stereocenters. The number of aryl methyl sites for hydroxylation is 1. The molecule has 0 radical (unpaired) electrons. The smallest absolute Gasteiger partial charge is 0.178 e. The number of imidazole rings is 1. The van der Waals surface area contributed by atoms with Crippen LogP contribution in [0, 0.1) is 0 Å². The van der Waals surface area contributed by atoms with Gasteiger partial charge in [0.15, 0.2) is 17.3 Å². The molecule has 0 spiro atoms. The summed E-state index contributed by atoms with van der Waals surface area (Å²) < 4.78 is 1.91. The van der Waals surface area contributed by atoms with Crippen molar-refractivity contribution in [2.45, 2.75) is 0 Å². The molecule has 0 saturated heterocycles. The average Bonchev–Trinajstić information content (AvgIpc) is 2.68. The van der Waals surface area contributed by atoms with E-state index in [1.807, 2.05) is 23.7 Å². The maximum Gasteiger partial charge on any atom is 0.178 e. The molecule has 17 heavy (non-hydrogen) atoms. The highest BCUT2D eigenvalue weighted by Crippen LogP contribution is 2.23. The molecule has 0 amide bonds. The molecule has 0 bridgehead atoms. The summed E-state index contributed by atoms with van der Waals surface area (Å²) in [6, 6.07) is 3.82. The SMILES string of the molecule is Cn1c(-c2nccnc2N)nc2ncccc21. The Labute approximate surface area is 97.2 Å². The van der Waals surface area contributed by atoms with Gasteiger partial charge in [-0.15, -0.1) is 0 Å². The van der Waals surface area contributed by atoms with E-state index in [0.717, 1.165) is 5.52 Å². The van der Waals surface area contributed by atoms with Crippen LogP contribution in [0.1, 0.15) is 0 Å². The van der Waals surface area contributed by atoms with Crippen molar-refractivity contribution in [2.24, 2.45) is 7.05 Å². The molecule has 2 N–H and O–H groups in total. The number of nitrogens with two attached hydrogens (primary N) is 1. The molecule has 6 heteroatoms. The van der Waals surface area contributed by atoms with Gasteiger partial charge in [0.1, 0.15) is 5.69 Å². The van der Waals surface area contributed by atoms with Crippen LogP contribution in [0.3, 0.4) is 0 Å². The van der Waals surface area contributed by atoms with Crippen LogP contribution in [0.25, 0.3) is 22.7 Å². The lowest BCUT2D eigenvalue weighted by atomic mass is 10.4. The minimum atomic E-state index is 0.367. The third-order valence-corrected chi connectivity index (χ3v) is 2.60. The van der Waals surface area contributed by atoms with E-state index in [0.29, 0.717) is 23.0 Å². The Balaban J connectivity index is 2.32. The number of nitrogens with zero attached hydrogens (tertiary/aromatic N) is 5. The van der Waals surface area contributed by atoms with Crippen molar-refractivity contribution in [1.82, 2.24) is 24.5 Å². The van der Waals surface area contributed by atoms with Crippen LogP contribution >= 0.6 is 0 Å². The highest BCUT2D eigenvalue weighted by atomic mass is 15.1. The normalized spacial score (nSPS) is 10.9. The Morgan fingerprint density at radius 3 is 2.71 bits per heavy atom.